The summed E-state index contributed by atoms with van der Waals surface area (Å²) in [6.07, 6.45) is 0.0839. The lowest BCUT2D eigenvalue weighted by Gasteiger charge is -2.46. The molecule has 0 amide bonds. The van der Waals surface area contributed by atoms with Gasteiger partial charge in [-0.2, -0.15) is 0 Å². The van der Waals surface area contributed by atoms with Gasteiger partial charge in [0.15, 0.2) is 5.79 Å². The SMILES string of the molecule is COc1ccc(CO[C@@H]2[C@@H](C)[C@H](CC3(C)OCCO3)O[C@H](CI)[C@H]2OCc2ccc(OC)cc2)cc1. The highest BCUT2D eigenvalue weighted by Crippen LogP contribution is 2.37. The molecule has 2 aromatic carbocycles. The molecule has 4 rings (SSSR count). The molecule has 0 bridgehead atoms. The van der Waals surface area contributed by atoms with Crippen molar-refractivity contribution in [1.82, 2.24) is 0 Å². The third-order valence-corrected chi connectivity index (χ3v) is 7.84. The zero-order chi connectivity index (χ0) is 25.5. The van der Waals surface area contributed by atoms with E-state index in [0.717, 1.165) is 27.1 Å². The van der Waals surface area contributed by atoms with Crippen LogP contribution in [0.15, 0.2) is 48.5 Å². The average Bonchev–Trinajstić information content (AvgIpc) is 3.34. The number of benzene rings is 2. The van der Waals surface area contributed by atoms with Crippen molar-refractivity contribution >= 4 is 22.6 Å². The molecule has 2 fully saturated rings. The molecule has 0 saturated carbocycles. The highest BCUT2D eigenvalue weighted by atomic mass is 127. The van der Waals surface area contributed by atoms with Crippen LogP contribution in [0.5, 0.6) is 11.5 Å². The topological polar surface area (TPSA) is 64.6 Å². The summed E-state index contributed by atoms with van der Waals surface area (Å²) in [6, 6.07) is 15.9. The van der Waals surface area contributed by atoms with Crippen molar-refractivity contribution in [3.05, 3.63) is 59.7 Å². The first-order valence-electron chi connectivity index (χ1n) is 12.4. The standard InChI is InChI=1S/C28H37IO7/c1-19-24(15-28(2)34-13-14-35-28)36-25(16-29)27(33-18-21-7-11-23(31-4)12-8-21)26(19)32-17-20-5-9-22(30-3)10-6-20/h5-12,19,24-27H,13-18H2,1-4H3/t19-,24-,25+,26+,27+/m0/s1. The Bertz CT molecular complexity index is 930. The van der Waals surface area contributed by atoms with E-state index in [1.54, 1.807) is 14.2 Å². The highest BCUT2D eigenvalue weighted by Gasteiger charge is 2.48. The lowest BCUT2D eigenvalue weighted by molar-refractivity contribution is -0.248. The molecule has 5 atom stereocenters. The Kier molecular flexibility index (Phi) is 9.88. The van der Waals surface area contributed by atoms with Gasteiger partial charge in [-0.15, -0.1) is 0 Å². The van der Waals surface area contributed by atoms with Crippen LogP contribution < -0.4 is 9.47 Å². The van der Waals surface area contributed by atoms with E-state index in [9.17, 15) is 0 Å². The van der Waals surface area contributed by atoms with E-state index in [0.29, 0.717) is 32.8 Å². The van der Waals surface area contributed by atoms with Crippen molar-refractivity contribution in [1.29, 1.82) is 0 Å². The average molecular weight is 613 g/mol. The minimum atomic E-state index is -0.633. The maximum Gasteiger partial charge on any atom is 0.168 e. The Labute approximate surface area is 227 Å². The van der Waals surface area contributed by atoms with Gasteiger partial charge >= 0.3 is 0 Å². The van der Waals surface area contributed by atoms with Crippen molar-refractivity contribution in [2.75, 3.05) is 31.9 Å². The van der Waals surface area contributed by atoms with Gasteiger partial charge in [-0.25, -0.2) is 0 Å². The number of hydrogen-bond donors (Lipinski definition) is 0. The van der Waals surface area contributed by atoms with Crippen LogP contribution in [0.4, 0.5) is 0 Å². The smallest absolute Gasteiger partial charge is 0.168 e. The van der Waals surface area contributed by atoms with Crippen molar-refractivity contribution in [2.24, 2.45) is 5.92 Å². The molecule has 0 aliphatic carbocycles. The summed E-state index contributed by atoms with van der Waals surface area (Å²) >= 11 is 2.38. The second kappa shape index (κ2) is 12.9. The van der Waals surface area contributed by atoms with Crippen LogP contribution in [0.3, 0.4) is 0 Å². The molecule has 2 aliphatic heterocycles. The third-order valence-electron chi connectivity index (χ3n) is 6.97. The molecule has 0 radical (unpaired) electrons. The van der Waals surface area contributed by atoms with Gasteiger partial charge in [0.2, 0.25) is 0 Å². The molecular formula is C28H37IO7. The van der Waals surface area contributed by atoms with Crippen molar-refractivity contribution in [3.8, 4) is 11.5 Å². The van der Waals surface area contributed by atoms with E-state index >= 15 is 0 Å². The van der Waals surface area contributed by atoms with E-state index < -0.39 is 5.79 Å². The van der Waals surface area contributed by atoms with Crippen LogP contribution in [0.1, 0.15) is 31.4 Å². The molecule has 2 heterocycles. The van der Waals surface area contributed by atoms with Gasteiger partial charge in [0.05, 0.1) is 59.0 Å². The van der Waals surface area contributed by atoms with Gasteiger partial charge < -0.3 is 33.2 Å². The summed E-state index contributed by atoms with van der Waals surface area (Å²) in [5.41, 5.74) is 2.16. The molecular weight excluding hydrogens is 575 g/mol. The Hall–Kier alpha value is -1.43. The molecule has 2 aliphatic rings. The lowest BCUT2D eigenvalue weighted by Crippen LogP contribution is -2.57. The molecule has 7 nitrogen and oxygen atoms in total. The molecule has 2 saturated heterocycles. The largest absolute Gasteiger partial charge is 0.497 e. The summed E-state index contributed by atoms with van der Waals surface area (Å²) in [7, 11) is 3.34. The maximum atomic E-state index is 6.62. The van der Waals surface area contributed by atoms with Crippen molar-refractivity contribution in [2.45, 2.75) is 63.7 Å². The number of halogens is 1. The summed E-state index contributed by atoms with van der Waals surface area (Å²) in [6.45, 7) is 6.33. The van der Waals surface area contributed by atoms with Crippen molar-refractivity contribution < 1.29 is 33.2 Å². The molecule has 36 heavy (non-hydrogen) atoms. The van der Waals surface area contributed by atoms with E-state index in [4.69, 9.17) is 33.2 Å². The van der Waals surface area contributed by atoms with Gasteiger partial charge in [-0.05, 0) is 42.3 Å². The summed E-state index contributed by atoms with van der Waals surface area (Å²) < 4.78 is 42.9. The van der Waals surface area contributed by atoms with Gasteiger partial charge in [-0.1, -0.05) is 53.8 Å². The Balaban J connectivity index is 1.50. The van der Waals surface area contributed by atoms with E-state index in [-0.39, 0.29) is 30.3 Å². The Morgan fingerprint density at radius 3 is 1.78 bits per heavy atom. The minimum Gasteiger partial charge on any atom is -0.497 e. The maximum absolute atomic E-state index is 6.62. The van der Waals surface area contributed by atoms with Crippen LogP contribution in [0, 0.1) is 5.92 Å². The number of rotatable bonds is 11. The molecule has 0 unspecified atom stereocenters. The van der Waals surface area contributed by atoms with E-state index in [1.165, 1.54) is 0 Å². The third kappa shape index (κ3) is 6.90. The van der Waals surface area contributed by atoms with Crippen LogP contribution in [-0.4, -0.2) is 62.1 Å². The molecule has 2 aromatic rings. The second-order valence-electron chi connectivity index (χ2n) is 9.51. The van der Waals surface area contributed by atoms with Crippen LogP contribution >= 0.6 is 22.6 Å². The summed E-state index contributed by atoms with van der Waals surface area (Å²) in [4.78, 5) is 0. The molecule has 0 N–H and O–H groups in total. The molecule has 198 valence electrons. The monoisotopic (exact) mass is 612 g/mol. The molecule has 0 spiro atoms. The first-order valence-corrected chi connectivity index (χ1v) is 14.0. The van der Waals surface area contributed by atoms with Crippen molar-refractivity contribution in [3.63, 3.8) is 0 Å². The number of methoxy groups -OCH3 is 2. The zero-order valence-corrected chi connectivity index (χ0v) is 23.6. The number of hydrogen-bond acceptors (Lipinski definition) is 7. The Morgan fingerprint density at radius 1 is 0.806 bits per heavy atom. The fourth-order valence-corrected chi connectivity index (χ4v) is 5.53. The second-order valence-corrected chi connectivity index (χ2v) is 10.4. The predicted octanol–water partition coefficient (Wildman–Crippen LogP) is 5.17. The van der Waals surface area contributed by atoms with Gasteiger partial charge in [0.1, 0.15) is 17.6 Å². The van der Waals surface area contributed by atoms with Crippen LogP contribution in [0.25, 0.3) is 0 Å². The quantitative estimate of drug-likeness (QED) is 0.257. The van der Waals surface area contributed by atoms with Crippen LogP contribution in [-0.2, 0) is 36.9 Å². The van der Waals surface area contributed by atoms with Crippen LogP contribution in [0.2, 0.25) is 0 Å². The summed E-state index contributed by atoms with van der Waals surface area (Å²) in [5, 5.41) is 0. The van der Waals surface area contributed by atoms with Gasteiger partial charge in [0.25, 0.3) is 0 Å². The lowest BCUT2D eigenvalue weighted by atomic mass is 9.85. The molecule has 8 heteroatoms. The predicted molar refractivity (Wildman–Crippen MR) is 145 cm³/mol. The highest BCUT2D eigenvalue weighted by molar-refractivity contribution is 14.1. The first kappa shape index (κ1) is 27.6. The first-order chi connectivity index (χ1) is 17.4. The number of ether oxygens (including phenoxy) is 7. The fraction of sp³-hybridized carbons (Fsp3) is 0.571. The molecule has 0 aromatic heterocycles. The normalized spacial score (nSPS) is 27.6. The minimum absolute atomic E-state index is 0.0745. The summed E-state index contributed by atoms with van der Waals surface area (Å²) in [5.74, 6) is 1.10. The van der Waals surface area contributed by atoms with Gasteiger partial charge in [-0.3, -0.25) is 0 Å². The van der Waals surface area contributed by atoms with E-state index in [2.05, 4.69) is 29.5 Å². The van der Waals surface area contributed by atoms with E-state index in [1.807, 2.05) is 55.5 Å². The fourth-order valence-electron chi connectivity index (χ4n) is 4.82. The number of alkyl halides is 1. The van der Waals surface area contributed by atoms with Gasteiger partial charge in [0, 0.05) is 16.8 Å². The Morgan fingerprint density at radius 2 is 1.31 bits per heavy atom. The zero-order valence-electron chi connectivity index (χ0n) is 21.5.